The van der Waals surface area contributed by atoms with Gasteiger partial charge in [0, 0.05) is 10.7 Å². The number of carbonyl (C=O) groups excluding carboxylic acids is 1. The molecule has 0 saturated carbocycles. The first-order valence-corrected chi connectivity index (χ1v) is 7.71. The Morgan fingerprint density at radius 2 is 1.79 bits per heavy atom. The third-order valence-electron chi connectivity index (χ3n) is 3.52. The second kappa shape index (κ2) is 6.26. The van der Waals surface area contributed by atoms with Gasteiger partial charge in [0.1, 0.15) is 17.2 Å². The van der Waals surface area contributed by atoms with Gasteiger partial charge in [0.05, 0.1) is 15.9 Å². The second-order valence-corrected chi connectivity index (χ2v) is 6.02. The fourth-order valence-corrected chi connectivity index (χ4v) is 2.76. The number of H-pyrrole nitrogens is 1. The first-order chi connectivity index (χ1) is 11.4. The highest BCUT2D eigenvalue weighted by Crippen LogP contribution is 2.27. The molecule has 24 heavy (non-hydrogen) atoms. The predicted molar refractivity (Wildman–Crippen MR) is 94.3 cm³/mol. The Labute approximate surface area is 146 Å². The second-order valence-electron chi connectivity index (χ2n) is 5.17. The Morgan fingerprint density at radius 3 is 2.42 bits per heavy atom. The van der Waals surface area contributed by atoms with Crippen molar-refractivity contribution in [1.29, 1.82) is 0 Å². The third-order valence-corrected chi connectivity index (χ3v) is 4.09. The summed E-state index contributed by atoms with van der Waals surface area (Å²) in [4.78, 5) is 27.4. The Morgan fingerprint density at radius 1 is 1.12 bits per heavy atom. The Bertz CT molecular complexity index is 1010. The highest BCUT2D eigenvalue weighted by molar-refractivity contribution is 6.35. The Hall–Kier alpha value is -2.37. The van der Waals surface area contributed by atoms with Crippen LogP contribution >= 0.6 is 23.2 Å². The summed E-state index contributed by atoms with van der Waals surface area (Å²) >= 11 is 11.9. The largest absolute Gasteiger partial charge is 0.341 e. The van der Waals surface area contributed by atoms with E-state index >= 15 is 0 Å². The molecule has 0 unspecified atom stereocenters. The highest BCUT2D eigenvalue weighted by Gasteiger charge is 2.20. The van der Waals surface area contributed by atoms with E-state index in [1.165, 1.54) is 13.0 Å². The molecule has 2 N–H and O–H groups in total. The lowest BCUT2D eigenvalue weighted by atomic mass is 10.1. The predicted octanol–water partition coefficient (Wildman–Crippen LogP) is 4.92. The zero-order valence-corrected chi connectivity index (χ0v) is 13.9. The van der Waals surface area contributed by atoms with Gasteiger partial charge in [0.25, 0.3) is 0 Å². The fourth-order valence-electron chi connectivity index (χ4n) is 2.43. The van der Waals surface area contributed by atoms with Gasteiger partial charge in [-0.3, -0.25) is 9.59 Å². The third kappa shape index (κ3) is 2.88. The molecular formula is C17H11Cl2FN2O2. The van der Waals surface area contributed by atoms with Crippen LogP contribution in [0.25, 0.3) is 10.9 Å². The van der Waals surface area contributed by atoms with Crippen molar-refractivity contribution in [2.75, 3.05) is 5.32 Å². The number of carbonyl (C=O) groups is 1. The van der Waals surface area contributed by atoms with Crippen LogP contribution in [0.2, 0.25) is 10.0 Å². The SMILES string of the molecule is CC(=O)c1c(Nc2ccc(Cl)cc2)[nH]c2c(Cl)ccc(F)c2c1=O. The van der Waals surface area contributed by atoms with Crippen LogP contribution in [0, 0.1) is 5.82 Å². The number of anilines is 2. The van der Waals surface area contributed by atoms with Crippen LogP contribution in [-0.4, -0.2) is 10.8 Å². The number of benzene rings is 2. The van der Waals surface area contributed by atoms with E-state index in [4.69, 9.17) is 23.2 Å². The lowest BCUT2D eigenvalue weighted by Gasteiger charge is -2.13. The fraction of sp³-hybridized carbons (Fsp3) is 0.0588. The number of pyridine rings is 1. The zero-order valence-electron chi connectivity index (χ0n) is 12.4. The van der Waals surface area contributed by atoms with E-state index in [9.17, 15) is 14.0 Å². The van der Waals surface area contributed by atoms with Crippen molar-refractivity contribution < 1.29 is 9.18 Å². The number of ketones is 1. The van der Waals surface area contributed by atoms with E-state index in [0.717, 1.165) is 6.07 Å². The molecule has 2 aromatic carbocycles. The monoisotopic (exact) mass is 364 g/mol. The highest BCUT2D eigenvalue weighted by atomic mass is 35.5. The number of fused-ring (bicyclic) bond motifs is 1. The molecular weight excluding hydrogens is 354 g/mol. The van der Waals surface area contributed by atoms with Crippen LogP contribution in [0.5, 0.6) is 0 Å². The van der Waals surface area contributed by atoms with Gasteiger partial charge in [0.2, 0.25) is 5.43 Å². The summed E-state index contributed by atoms with van der Waals surface area (Å²) in [7, 11) is 0. The summed E-state index contributed by atoms with van der Waals surface area (Å²) in [6.07, 6.45) is 0. The molecule has 0 aliphatic carbocycles. The minimum atomic E-state index is -0.740. The van der Waals surface area contributed by atoms with Crippen LogP contribution in [0.4, 0.5) is 15.9 Å². The Kier molecular flexibility index (Phi) is 4.30. The van der Waals surface area contributed by atoms with Gasteiger partial charge in [-0.05, 0) is 43.3 Å². The molecule has 0 aliphatic heterocycles. The van der Waals surface area contributed by atoms with Gasteiger partial charge < -0.3 is 10.3 Å². The topological polar surface area (TPSA) is 62.0 Å². The van der Waals surface area contributed by atoms with Crippen molar-refractivity contribution in [2.45, 2.75) is 6.92 Å². The summed E-state index contributed by atoms with van der Waals surface area (Å²) < 4.78 is 14.0. The molecule has 3 aromatic rings. The zero-order chi connectivity index (χ0) is 17.4. The molecule has 0 atom stereocenters. The van der Waals surface area contributed by atoms with Gasteiger partial charge >= 0.3 is 0 Å². The number of nitrogens with one attached hydrogen (secondary N) is 2. The molecule has 0 radical (unpaired) electrons. The maximum Gasteiger partial charge on any atom is 0.205 e. The number of hydrogen-bond acceptors (Lipinski definition) is 3. The van der Waals surface area contributed by atoms with E-state index in [1.807, 2.05) is 0 Å². The van der Waals surface area contributed by atoms with Gasteiger partial charge in [-0.15, -0.1) is 0 Å². The maximum atomic E-state index is 14.0. The van der Waals surface area contributed by atoms with Crippen LogP contribution in [0.1, 0.15) is 17.3 Å². The average molecular weight is 365 g/mol. The first kappa shape index (κ1) is 16.5. The van der Waals surface area contributed by atoms with Crippen LogP contribution in [-0.2, 0) is 0 Å². The minimum absolute atomic E-state index is 0.128. The van der Waals surface area contributed by atoms with Crippen LogP contribution in [0.3, 0.4) is 0 Å². The molecule has 0 saturated heterocycles. The minimum Gasteiger partial charge on any atom is -0.341 e. The number of Topliss-reactive ketones (excluding diaryl/α,β-unsaturated/α-hetero) is 1. The van der Waals surface area contributed by atoms with E-state index in [-0.39, 0.29) is 27.3 Å². The van der Waals surface area contributed by atoms with Crippen molar-refractivity contribution in [2.24, 2.45) is 0 Å². The van der Waals surface area contributed by atoms with Crippen molar-refractivity contribution in [3.63, 3.8) is 0 Å². The molecule has 1 aromatic heterocycles. The summed E-state index contributed by atoms with van der Waals surface area (Å²) in [5.74, 6) is -1.08. The molecule has 1 heterocycles. The summed E-state index contributed by atoms with van der Waals surface area (Å²) in [6.45, 7) is 1.24. The molecule has 0 bridgehead atoms. The molecule has 0 aliphatic rings. The molecule has 3 rings (SSSR count). The van der Waals surface area contributed by atoms with E-state index < -0.39 is 17.0 Å². The first-order valence-electron chi connectivity index (χ1n) is 6.96. The quantitative estimate of drug-likeness (QED) is 0.648. The molecule has 7 heteroatoms. The molecule has 0 spiro atoms. The Balaban J connectivity index is 2.28. The maximum absolute atomic E-state index is 14.0. The van der Waals surface area contributed by atoms with E-state index in [2.05, 4.69) is 10.3 Å². The van der Waals surface area contributed by atoms with Crippen molar-refractivity contribution in [3.8, 4) is 0 Å². The van der Waals surface area contributed by atoms with E-state index in [0.29, 0.717) is 10.7 Å². The van der Waals surface area contributed by atoms with Gasteiger partial charge in [-0.25, -0.2) is 4.39 Å². The van der Waals surface area contributed by atoms with Crippen molar-refractivity contribution >= 4 is 51.4 Å². The van der Waals surface area contributed by atoms with Gasteiger partial charge in [-0.2, -0.15) is 0 Å². The average Bonchev–Trinajstić information content (AvgIpc) is 2.52. The molecule has 122 valence electrons. The number of halogens is 3. The lowest BCUT2D eigenvalue weighted by molar-refractivity contribution is 0.101. The van der Waals surface area contributed by atoms with Gasteiger partial charge in [0.15, 0.2) is 5.78 Å². The van der Waals surface area contributed by atoms with Gasteiger partial charge in [-0.1, -0.05) is 23.2 Å². The van der Waals surface area contributed by atoms with Crippen LogP contribution in [0.15, 0.2) is 41.2 Å². The summed E-state index contributed by atoms with van der Waals surface area (Å²) in [6, 6.07) is 9.11. The van der Waals surface area contributed by atoms with Crippen molar-refractivity contribution in [3.05, 3.63) is 68.0 Å². The summed E-state index contributed by atoms with van der Waals surface area (Å²) in [5.41, 5.74) is -0.154. The normalized spacial score (nSPS) is 10.8. The lowest BCUT2D eigenvalue weighted by Crippen LogP contribution is -2.18. The number of aromatic nitrogens is 1. The molecule has 0 amide bonds. The standard InChI is InChI=1S/C17H11Cl2FN2O2/c1-8(23)13-16(24)14-12(20)7-6-11(19)15(14)22-17(13)21-10-4-2-9(18)3-5-10/h2-7H,1H3,(H2,21,22,24). The molecule has 0 fully saturated rings. The smallest absolute Gasteiger partial charge is 0.205 e. The van der Waals surface area contributed by atoms with E-state index in [1.54, 1.807) is 24.3 Å². The number of hydrogen-bond donors (Lipinski definition) is 2. The summed E-state index contributed by atoms with van der Waals surface area (Å²) in [5, 5.41) is 3.43. The number of rotatable bonds is 3. The number of aromatic amines is 1. The van der Waals surface area contributed by atoms with Crippen LogP contribution < -0.4 is 10.7 Å². The molecule has 4 nitrogen and oxygen atoms in total. The van der Waals surface area contributed by atoms with Crippen molar-refractivity contribution in [1.82, 2.24) is 4.98 Å².